The van der Waals surface area contributed by atoms with Crippen molar-refractivity contribution in [1.82, 2.24) is 19.6 Å². The number of carbonyl (C=O) groups is 1. The zero-order valence-electron chi connectivity index (χ0n) is 13.8. The number of aromatic nitrogens is 2. The third-order valence-electron chi connectivity index (χ3n) is 4.81. The molecule has 0 radical (unpaired) electrons. The van der Waals surface area contributed by atoms with E-state index in [9.17, 15) is 4.79 Å². The van der Waals surface area contributed by atoms with Gasteiger partial charge in [-0.25, -0.2) is 0 Å². The molecule has 2 fully saturated rings. The summed E-state index contributed by atoms with van der Waals surface area (Å²) < 4.78 is 7.71. The Balaban J connectivity index is 1.41. The van der Waals surface area contributed by atoms with Crippen molar-refractivity contribution in [3.63, 3.8) is 0 Å². The predicted octanol–water partition coefficient (Wildman–Crippen LogP) is 1.45. The van der Waals surface area contributed by atoms with Crippen LogP contribution in [0.2, 0.25) is 0 Å². The molecule has 7 heteroatoms. The molecule has 24 heavy (non-hydrogen) atoms. The molecular weight excluding hydrogens is 324 g/mol. The summed E-state index contributed by atoms with van der Waals surface area (Å²) in [6.45, 7) is 5.10. The van der Waals surface area contributed by atoms with Crippen LogP contribution in [-0.2, 0) is 18.3 Å². The quantitative estimate of drug-likeness (QED) is 0.844. The van der Waals surface area contributed by atoms with Gasteiger partial charge in [-0.2, -0.15) is 5.10 Å². The molecule has 2 aromatic rings. The molecule has 2 atom stereocenters. The SMILES string of the molecule is Cn1cc(C(=O)N2C[C@@H]3CN(Cc4cccs4)CCO[C@@H]3C2)cn1. The third-order valence-corrected chi connectivity index (χ3v) is 5.67. The highest BCUT2D eigenvalue weighted by Gasteiger charge is 2.38. The van der Waals surface area contributed by atoms with Crippen LogP contribution in [0.5, 0.6) is 0 Å². The second kappa shape index (κ2) is 6.66. The van der Waals surface area contributed by atoms with Crippen molar-refractivity contribution < 1.29 is 9.53 Å². The van der Waals surface area contributed by atoms with E-state index in [0.29, 0.717) is 18.0 Å². The Morgan fingerprint density at radius 2 is 2.33 bits per heavy atom. The average Bonchev–Trinajstić information content (AvgIpc) is 3.28. The van der Waals surface area contributed by atoms with Crippen LogP contribution in [0, 0.1) is 5.92 Å². The first-order valence-electron chi connectivity index (χ1n) is 8.33. The summed E-state index contributed by atoms with van der Waals surface area (Å²) in [5, 5.41) is 6.22. The fraction of sp³-hybridized carbons (Fsp3) is 0.529. The molecule has 6 nitrogen and oxygen atoms in total. The number of thiophene rings is 1. The molecule has 2 aliphatic heterocycles. The number of likely N-dealkylation sites (tertiary alicyclic amines) is 1. The van der Waals surface area contributed by atoms with Gasteiger partial charge in [-0.05, 0) is 11.4 Å². The van der Waals surface area contributed by atoms with Crippen LogP contribution >= 0.6 is 11.3 Å². The molecule has 2 aromatic heterocycles. The predicted molar refractivity (Wildman–Crippen MR) is 91.9 cm³/mol. The molecule has 1 amide bonds. The minimum atomic E-state index is 0.0598. The lowest BCUT2D eigenvalue weighted by molar-refractivity contribution is 0.0483. The Kier molecular flexibility index (Phi) is 4.39. The van der Waals surface area contributed by atoms with Crippen molar-refractivity contribution in [1.29, 1.82) is 0 Å². The summed E-state index contributed by atoms with van der Waals surface area (Å²) in [5.74, 6) is 0.442. The fourth-order valence-electron chi connectivity index (χ4n) is 3.61. The summed E-state index contributed by atoms with van der Waals surface area (Å²) >= 11 is 1.80. The van der Waals surface area contributed by atoms with Crippen molar-refractivity contribution in [3.8, 4) is 0 Å². The number of rotatable bonds is 3. The average molecular weight is 346 g/mol. The van der Waals surface area contributed by atoms with Gasteiger partial charge in [0.15, 0.2) is 0 Å². The first-order valence-corrected chi connectivity index (χ1v) is 9.21. The van der Waals surface area contributed by atoms with Gasteiger partial charge in [0.1, 0.15) is 0 Å². The molecule has 0 saturated carbocycles. The smallest absolute Gasteiger partial charge is 0.257 e. The van der Waals surface area contributed by atoms with E-state index in [2.05, 4.69) is 27.5 Å². The number of aryl methyl sites for hydroxylation is 1. The molecular formula is C17H22N4O2S. The van der Waals surface area contributed by atoms with E-state index in [0.717, 1.165) is 32.8 Å². The number of hydrogen-bond acceptors (Lipinski definition) is 5. The van der Waals surface area contributed by atoms with Crippen LogP contribution in [0.15, 0.2) is 29.9 Å². The molecule has 0 N–H and O–H groups in total. The molecule has 2 aliphatic rings. The van der Waals surface area contributed by atoms with Gasteiger partial charge in [-0.1, -0.05) is 6.07 Å². The highest BCUT2D eigenvalue weighted by Crippen LogP contribution is 2.26. The number of ether oxygens (including phenoxy) is 1. The van der Waals surface area contributed by atoms with Crippen molar-refractivity contribution in [2.75, 3.05) is 32.8 Å². The second-order valence-corrected chi connectivity index (χ2v) is 7.63. The van der Waals surface area contributed by atoms with Crippen molar-refractivity contribution in [2.45, 2.75) is 12.6 Å². The van der Waals surface area contributed by atoms with Gasteiger partial charge in [0.05, 0.1) is 24.5 Å². The molecule has 2 saturated heterocycles. The Labute approximate surface area is 145 Å². The van der Waals surface area contributed by atoms with Gasteiger partial charge < -0.3 is 9.64 Å². The van der Waals surface area contributed by atoms with E-state index in [-0.39, 0.29) is 12.0 Å². The molecule has 0 unspecified atom stereocenters. The second-order valence-electron chi connectivity index (χ2n) is 6.60. The summed E-state index contributed by atoms with van der Waals surface area (Å²) in [4.78, 5) is 18.4. The van der Waals surface area contributed by atoms with Gasteiger partial charge in [0.2, 0.25) is 0 Å². The minimum Gasteiger partial charge on any atom is -0.375 e. The van der Waals surface area contributed by atoms with Gasteiger partial charge >= 0.3 is 0 Å². The van der Waals surface area contributed by atoms with Crippen LogP contribution < -0.4 is 0 Å². The highest BCUT2D eigenvalue weighted by atomic mass is 32.1. The summed E-state index contributed by atoms with van der Waals surface area (Å²) in [5.41, 5.74) is 0.657. The van der Waals surface area contributed by atoms with E-state index in [1.54, 1.807) is 28.4 Å². The van der Waals surface area contributed by atoms with E-state index >= 15 is 0 Å². The largest absolute Gasteiger partial charge is 0.375 e. The summed E-state index contributed by atoms with van der Waals surface area (Å²) in [6.07, 6.45) is 3.57. The number of fused-ring (bicyclic) bond motifs is 1. The number of amides is 1. The van der Waals surface area contributed by atoms with Crippen LogP contribution in [0.4, 0.5) is 0 Å². The van der Waals surface area contributed by atoms with Crippen molar-refractivity contribution in [3.05, 3.63) is 40.3 Å². The van der Waals surface area contributed by atoms with E-state index in [1.807, 2.05) is 11.9 Å². The number of nitrogens with zero attached hydrogens (tertiary/aromatic N) is 4. The Morgan fingerprint density at radius 1 is 1.42 bits per heavy atom. The molecule has 4 heterocycles. The van der Waals surface area contributed by atoms with Gasteiger partial charge in [0, 0.05) is 56.8 Å². The molecule has 0 aromatic carbocycles. The van der Waals surface area contributed by atoms with Crippen molar-refractivity contribution >= 4 is 17.2 Å². The summed E-state index contributed by atoms with van der Waals surface area (Å²) in [7, 11) is 1.83. The first kappa shape index (κ1) is 15.8. The highest BCUT2D eigenvalue weighted by molar-refractivity contribution is 7.09. The van der Waals surface area contributed by atoms with Crippen LogP contribution in [0.1, 0.15) is 15.2 Å². The maximum Gasteiger partial charge on any atom is 0.257 e. The van der Waals surface area contributed by atoms with Crippen molar-refractivity contribution in [2.24, 2.45) is 13.0 Å². The topological polar surface area (TPSA) is 50.6 Å². The zero-order valence-corrected chi connectivity index (χ0v) is 14.6. The van der Waals surface area contributed by atoms with Crippen LogP contribution in [0.3, 0.4) is 0 Å². The lowest BCUT2D eigenvalue weighted by Crippen LogP contribution is -2.33. The number of hydrogen-bond donors (Lipinski definition) is 0. The van der Waals surface area contributed by atoms with Gasteiger partial charge in [0.25, 0.3) is 5.91 Å². The molecule has 128 valence electrons. The zero-order chi connectivity index (χ0) is 16.5. The first-order chi connectivity index (χ1) is 11.7. The Hall–Kier alpha value is -1.70. The van der Waals surface area contributed by atoms with E-state index in [4.69, 9.17) is 4.74 Å². The Bertz CT molecular complexity index is 699. The lowest BCUT2D eigenvalue weighted by Gasteiger charge is -2.22. The fourth-order valence-corrected chi connectivity index (χ4v) is 4.35. The third kappa shape index (κ3) is 3.24. The van der Waals surface area contributed by atoms with Gasteiger partial charge in [-0.15, -0.1) is 11.3 Å². The van der Waals surface area contributed by atoms with Crippen LogP contribution in [-0.4, -0.2) is 64.4 Å². The number of carbonyl (C=O) groups excluding carboxylic acids is 1. The lowest BCUT2D eigenvalue weighted by atomic mass is 10.1. The summed E-state index contributed by atoms with van der Waals surface area (Å²) in [6, 6.07) is 4.28. The maximum absolute atomic E-state index is 12.6. The normalized spacial score (nSPS) is 24.8. The molecule has 0 aliphatic carbocycles. The van der Waals surface area contributed by atoms with Gasteiger partial charge in [-0.3, -0.25) is 14.4 Å². The minimum absolute atomic E-state index is 0.0598. The van der Waals surface area contributed by atoms with E-state index < -0.39 is 0 Å². The molecule has 0 spiro atoms. The Morgan fingerprint density at radius 3 is 3.08 bits per heavy atom. The molecule has 0 bridgehead atoms. The van der Waals surface area contributed by atoms with Crippen LogP contribution in [0.25, 0.3) is 0 Å². The standard InChI is InChI=1S/C17H22N4O2S/c1-19-8-13(7-18-19)17(22)21-10-14-9-20(4-5-23-16(14)12-21)11-15-3-2-6-24-15/h2-3,6-8,14,16H,4-5,9-12H2,1H3/t14-,16+/m0/s1. The molecule has 4 rings (SSSR count). The monoisotopic (exact) mass is 346 g/mol. The van der Waals surface area contributed by atoms with E-state index in [1.165, 1.54) is 4.88 Å². The maximum atomic E-state index is 12.6.